The van der Waals surface area contributed by atoms with Crippen molar-refractivity contribution in [2.24, 2.45) is 50.5 Å². The molecule has 7 rings (SSSR count). The zero-order valence-electron chi connectivity index (χ0n) is 21.9. The van der Waals surface area contributed by atoms with E-state index in [0.29, 0.717) is 40.2 Å². The maximum Gasteiger partial charge on any atom is 0.176 e. The van der Waals surface area contributed by atoms with Crippen molar-refractivity contribution in [3.8, 4) is 0 Å². The number of hydrogen-bond donors (Lipinski definition) is 0. The molecule has 0 bridgehead atoms. The number of rotatable bonds is 4. The Balaban J connectivity index is 1.07. The summed E-state index contributed by atoms with van der Waals surface area (Å²) >= 11 is 0. The molecule has 0 radical (unpaired) electrons. The number of carbonyl (C=O) groups is 2. The highest BCUT2D eigenvalue weighted by Gasteiger charge is 2.70. The van der Waals surface area contributed by atoms with Crippen molar-refractivity contribution in [1.82, 2.24) is 0 Å². The summed E-state index contributed by atoms with van der Waals surface area (Å²) in [4.78, 5) is 31.5. The fraction of sp³-hybridized carbons (Fsp3) is 0.839. The number of ketones is 2. The lowest BCUT2D eigenvalue weighted by Crippen LogP contribution is -2.56. The van der Waals surface area contributed by atoms with Crippen molar-refractivity contribution in [1.29, 1.82) is 0 Å². The summed E-state index contributed by atoms with van der Waals surface area (Å²) in [7, 11) is 0. The highest BCUT2D eigenvalue weighted by atomic mass is 16.6. The van der Waals surface area contributed by atoms with E-state index < -0.39 is 0 Å². The highest BCUT2D eigenvalue weighted by Crippen LogP contribution is 2.77. The van der Waals surface area contributed by atoms with E-state index in [1.165, 1.54) is 69.1 Å². The Bertz CT molecular complexity index is 1000. The molecule has 0 N–H and O–H groups in total. The molecule has 6 atom stereocenters. The predicted octanol–water partition coefficient (Wildman–Crippen LogP) is 6.82. The first-order valence-corrected chi connectivity index (χ1v) is 14.7. The summed E-state index contributed by atoms with van der Waals surface area (Å²) < 4.78 is 0. The van der Waals surface area contributed by atoms with Crippen LogP contribution in [-0.2, 0) is 14.4 Å². The van der Waals surface area contributed by atoms with Gasteiger partial charge in [-0.15, -0.1) is 0 Å². The van der Waals surface area contributed by atoms with Crippen LogP contribution < -0.4 is 0 Å². The zero-order chi connectivity index (χ0) is 24.1. The third kappa shape index (κ3) is 3.40. The molecule has 7 aliphatic rings. The van der Waals surface area contributed by atoms with Crippen molar-refractivity contribution in [2.45, 2.75) is 110 Å². The van der Waals surface area contributed by atoms with Crippen LogP contribution in [0.15, 0.2) is 16.8 Å². The first kappa shape index (κ1) is 22.7. The summed E-state index contributed by atoms with van der Waals surface area (Å²) in [5.41, 5.74) is 3.99. The maximum absolute atomic E-state index is 13.5. The summed E-state index contributed by atoms with van der Waals surface area (Å²) in [6.45, 7) is 5.12. The number of allylic oxidation sites excluding steroid dienone is 1. The second-order valence-corrected chi connectivity index (χ2v) is 14.4. The smallest absolute Gasteiger partial charge is 0.176 e. The van der Waals surface area contributed by atoms with Gasteiger partial charge in [-0.3, -0.25) is 9.59 Å². The van der Waals surface area contributed by atoms with Crippen LogP contribution >= 0.6 is 0 Å². The lowest BCUT2D eigenvalue weighted by atomic mass is 9.42. The Morgan fingerprint density at radius 1 is 0.971 bits per heavy atom. The van der Waals surface area contributed by atoms with Crippen molar-refractivity contribution in [3.05, 3.63) is 11.6 Å². The molecular weight excluding hydrogens is 434 g/mol. The van der Waals surface area contributed by atoms with Gasteiger partial charge in [0.25, 0.3) is 0 Å². The molecule has 0 saturated heterocycles. The number of Topliss-reactive ketones (excluding diaryl/α,β-unsaturated/α-hetero) is 1. The monoisotopic (exact) mass is 477 g/mol. The molecule has 0 heterocycles. The van der Waals surface area contributed by atoms with Crippen molar-refractivity contribution in [3.63, 3.8) is 0 Å². The first-order chi connectivity index (χ1) is 16.8. The minimum atomic E-state index is 0.108. The Hall–Kier alpha value is -1.45. The van der Waals surface area contributed by atoms with Gasteiger partial charge in [0.05, 0.1) is 5.71 Å². The van der Waals surface area contributed by atoms with Gasteiger partial charge in [-0.25, -0.2) is 0 Å². The second kappa shape index (κ2) is 7.54. The van der Waals surface area contributed by atoms with Gasteiger partial charge in [0.1, 0.15) is 0 Å². The third-order valence-corrected chi connectivity index (χ3v) is 12.7. The first-order valence-electron chi connectivity index (χ1n) is 14.7. The summed E-state index contributed by atoms with van der Waals surface area (Å²) in [6, 6.07) is 0. The molecule has 0 aromatic carbocycles. The molecular formula is C31H43NO3. The van der Waals surface area contributed by atoms with Crippen LogP contribution in [0.4, 0.5) is 0 Å². The molecule has 6 saturated carbocycles. The minimum Gasteiger partial charge on any atom is -0.388 e. The van der Waals surface area contributed by atoms with Gasteiger partial charge in [0.15, 0.2) is 18.2 Å². The molecule has 4 nitrogen and oxygen atoms in total. The predicted molar refractivity (Wildman–Crippen MR) is 136 cm³/mol. The molecule has 0 aliphatic heterocycles. The van der Waals surface area contributed by atoms with Gasteiger partial charge in [-0.2, -0.15) is 0 Å². The van der Waals surface area contributed by atoms with E-state index in [4.69, 9.17) is 4.84 Å². The second-order valence-electron chi connectivity index (χ2n) is 14.4. The van der Waals surface area contributed by atoms with E-state index in [0.717, 1.165) is 38.5 Å². The van der Waals surface area contributed by atoms with Crippen molar-refractivity contribution >= 4 is 17.3 Å². The Morgan fingerprint density at radius 3 is 2.46 bits per heavy atom. The molecule has 0 aromatic heterocycles. The zero-order valence-corrected chi connectivity index (χ0v) is 21.9. The number of nitrogens with zero attached hydrogens (tertiary/aromatic N) is 1. The minimum absolute atomic E-state index is 0.108. The van der Waals surface area contributed by atoms with Gasteiger partial charge in [-0.05, 0) is 135 Å². The molecule has 6 fully saturated rings. The maximum atomic E-state index is 13.5. The Labute approximate surface area is 210 Å². The molecule has 7 aliphatic carbocycles. The molecule has 190 valence electrons. The van der Waals surface area contributed by atoms with E-state index in [1.54, 1.807) is 0 Å². The number of hydrogen-bond acceptors (Lipinski definition) is 4. The third-order valence-electron chi connectivity index (χ3n) is 12.7. The molecule has 6 unspecified atom stereocenters. The molecule has 0 aromatic rings. The largest absolute Gasteiger partial charge is 0.388 e. The van der Waals surface area contributed by atoms with Gasteiger partial charge < -0.3 is 4.84 Å². The molecule has 0 amide bonds. The molecule has 4 heteroatoms. The standard InChI is InChI=1S/C31H43NO3/c1-28-10-9-22(33)17-20(28)3-4-23-24-5-6-25(29(24,2)19-31(15-16-31)27(23)28)26(34)18-35-32-21-7-11-30(12-8-21)13-14-30/h17,23-25,27H,3-16,18-19H2,1-2H3. The van der Waals surface area contributed by atoms with E-state index in [1.807, 2.05) is 6.08 Å². The van der Waals surface area contributed by atoms with E-state index in [9.17, 15) is 9.59 Å². The van der Waals surface area contributed by atoms with Crippen LogP contribution in [-0.4, -0.2) is 23.9 Å². The Kier molecular flexibility index (Phi) is 4.90. The fourth-order valence-electron chi connectivity index (χ4n) is 10.6. The number of carbonyl (C=O) groups excluding carboxylic acids is 2. The van der Waals surface area contributed by atoms with E-state index in [-0.39, 0.29) is 23.4 Å². The lowest BCUT2D eigenvalue weighted by Gasteiger charge is -2.61. The average Bonchev–Trinajstić information content (AvgIpc) is 3.74. The lowest BCUT2D eigenvalue weighted by molar-refractivity contribution is -0.141. The average molecular weight is 478 g/mol. The summed E-state index contributed by atoms with van der Waals surface area (Å²) in [6.07, 6.45) is 19.6. The van der Waals surface area contributed by atoms with Gasteiger partial charge in [0.2, 0.25) is 0 Å². The normalized spacial score (nSPS) is 44.2. The molecule has 35 heavy (non-hydrogen) atoms. The molecule has 2 spiro atoms. The van der Waals surface area contributed by atoms with Crippen LogP contribution in [0.3, 0.4) is 0 Å². The quantitative estimate of drug-likeness (QED) is 0.417. The van der Waals surface area contributed by atoms with Crippen molar-refractivity contribution < 1.29 is 14.4 Å². The van der Waals surface area contributed by atoms with Crippen LogP contribution in [0.2, 0.25) is 0 Å². The fourth-order valence-corrected chi connectivity index (χ4v) is 10.6. The van der Waals surface area contributed by atoms with Gasteiger partial charge in [-0.1, -0.05) is 24.6 Å². The summed E-state index contributed by atoms with van der Waals surface area (Å²) in [5, 5.41) is 4.44. The number of oxime groups is 1. The van der Waals surface area contributed by atoms with Crippen LogP contribution in [0.5, 0.6) is 0 Å². The van der Waals surface area contributed by atoms with E-state index in [2.05, 4.69) is 19.0 Å². The van der Waals surface area contributed by atoms with Gasteiger partial charge >= 0.3 is 0 Å². The van der Waals surface area contributed by atoms with E-state index >= 15 is 0 Å². The van der Waals surface area contributed by atoms with Crippen LogP contribution in [0.25, 0.3) is 0 Å². The van der Waals surface area contributed by atoms with Gasteiger partial charge in [0, 0.05) is 12.3 Å². The SMILES string of the molecule is CC12CCC(=O)C=C1CCC1C2C2(CC2)CC2(C)C(C(=O)CON=C3CCC4(CC3)CC4)CCC12. The topological polar surface area (TPSA) is 55.7 Å². The summed E-state index contributed by atoms with van der Waals surface area (Å²) in [5.74, 6) is 2.83. The Morgan fingerprint density at radius 2 is 1.74 bits per heavy atom. The highest BCUT2D eigenvalue weighted by molar-refractivity contribution is 5.91. The number of fused-ring (bicyclic) bond motifs is 6. The van der Waals surface area contributed by atoms with Crippen molar-refractivity contribution in [2.75, 3.05) is 6.61 Å². The van der Waals surface area contributed by atoms with Crippen LogP contribution in [0, 0.1) is 45.3 Å². The van der Waals surface area contributed by atoms with Crippen LogP contribution in [0.1, 0.15) is 110 Å².